The number of hydrogen-bond acceptors (Lipinski definition) is 0. The highest BCUT2D eigenvalue weighted by molar-refractivity contribution is 5.45. The summed E-state index contributed by atoms with van der Waals surface area (Å²) in [6.07, 6.45) is 3.03. The fraction of sp³-hybridized carbons (Fsp3) is 0.400. The van der Waals surface area contributed by atoms with Crippen molar-refractivity contribution in [3.63, 3.8) is 0 Å². The summed E-state index contributed by atoms with van der Waals surface area (Å²) in [5, 5.41) is 0. The van der Waals surface area contributed by atoms with Gasteiger partial charge in [0.05, 0.1) is 0 Å². The summed E-state index contributed by atoms with van der Waals surface area (Å²) >= 11 is 0. The lowest BCUT2D eigenvalue weighted by atomic mass is 9.92. The molecule has 1 N–H and O–H groups in total. The average molecular weight is 247 g/mol. The number of hydrogen-bond donors (Lipinski definition) is 1. The van der Waals surface area contributed by atoms with E-state index >= 15 is 0 Å². The van der Waals surface area contributed by atoms with Gasteiger partial charge in [-0.2, -0.15) is 4.57 Å². The van der Waals surface area contributed by atoms with E-state index in [9.17, 15) is 4.39 Å². The van der Waals surface area contributed by atoms with Crippen molar-refractivity contribution in [3.8, 4) is 5.69 Å². The van der Waals surface area contributed by atoms with Crippen molar-refractivity contribution >= 4 is 0 Å². The molecule has 1 aromatic heterocycles. The lowest BCUT2D eigenvalue weighted by Gasteiger charge is -2.16. The fourth-order valence-corrected chi connectivity index (χ4v) is 2.28. The summed E-state index contributed by atoms with van der Waals surface area (Å²) < 4.78 is 15.4. The molecular weight excluding hydrogens is 227 g/mol. The summed E-state index contributed by atoms with van der Waals surface area (Å²) in [4.78, 5) is 2.60. The van der Waals surface area contributed by atoms with Gasteiger partial charge in [-0.15, -0.1) is 4.39 Å². The van der Waals surface area contributed by atoms with Crippen LogP contribution in [0.1, 0.15) is 50.7 Å². The van der Waals surface area contributed by atoms with Gasteiger partial charge in [-0.25, -0.2) is 4.98 Å². The molecule has 0 aliphatic heterocycles. The minimum atomic E-state index is -0.329. The van der Waals surface area contributed by atoms with Crippen molar-refractivity contribution in [2.45, 2.75) is 39.5 Å². The number of nitrogens with one attached hydrogen (secondary N) is 1. The van der Waals surface area contributed by atoms with Gasteiger partial charge < -0.3 is 0 Å². The first-order chi connectivity index (χ1) is 8.52. The molecule has 18 heavy (non-hydrogen) atoms. The van der Waals surface area contributed by atoms with E-state index in [1.54, 1.807) is 17.0 Å². The predicted octanol–water partition coefficient (Wildman–Crippen LogP) is 3.68. The van der Waals surface area contributed by atoms with Gasteiger partial charge >= 0.3 is 6.08 Å². The van der Waals surface area contributed by atoms with Crippen molar-refractivity contribution in [2.24, 2.45) is 0 Å². The highest BCUT2D eigenvalue weighted by atomic mass is 19.1. The van der Waals surface area contributed by atoms with Crippen LogP contribution < -0.4 is 4.57 Å². The van der Waals surface area contributed by atoms with Crippen LogP contribution in [0.15, 0.2) is 30.6 Å². The molecule has 0 aliphatic carbocycles. The highest BCUT2D eigenvalue weighted by Crippen LogP contribution is 2.27. The third kappa shape index (κ3) is 2.17. The quantitative estimate of drug-likeness (QED) is 0.798. The van der Waals surface area contributed by atoms with E-state index in [0.29, 0.717) is 11.8 Å². The zero-order valence-electron chi connectivity index (χ0n) is 11.4. The third-order valence-corrected chi connectivity index (χ3v) is 3.22. The summed E-state index contributed by atoms with van der Waals surface area (Å²) in [5.41, 5.74) is 3.32. The molecule has 0 bridgehead atoms. The molecule has 1 aromatic carbocycles. The van der Waals surface area contributed by atoms with Crippen LogP contribution >= 0.6 is 0 Å². The summed E-state index contributed by atoms with van der Waals surface area (Å²) in [6, 6.07) is 6.20. The second-order valence-corrected chi connectivity index (χ2v) is 5.22. The zero-order valence-corrected chi connectivity index (χ0v) is 11.4. The van der Waals surface area contributed by atoms with Gasteiger partial charge in [-0.3, -0.25) is 0 Å². The molecule has 0 amide bonds. The van der Waals surface area contributed by atoms with Crippen molar-refractivity contribution in [3.05, 3.63) is 47.8 Å². The predicted molar refractivity (Wildman–Crippen MR) is 70.5 cm³/mol. The highest BCUT2D eigenvalue weighted by Gasteiger charge is 2.22. The lowest BCUT2D eigenvalue weighted by molar-refractivity contribution is -0.627. The molecule has 3 heteroatoms. The molecule has 1 heterocycles. The first-order valence-electron chi connectivity index (χ1n) is 6.40. The maximum absolute atomic E-state index is 13.8. The number of rotatable bonds is 3. The van der Waals surface area contributed by atoms with Crippen molar-refractivity contribution < 1.29 is 8.96 Å². The Labute approximate surface area is 107 Å². The lowest BCUT2D eigenvalue weighted by Crippen LogP contribution is -2.35. The Morgan fingerprint density at radius 1 is 1.06 bits per heavy atom. The van der Waals surface area contributed by atoms with Crippen LogP contribution in [-0.4, -0.2) is 4.98 Å². The Kier molecular flexibility index (Phi) is 3.50. The molecule has 0 spiro atoms. The standard InChI is InChI=1S/C15H19FN2/c1-10(2)12-6-5-7-13(11(3)4)14(12)18-9-8-17-15(18)16/h5-11H,1-4H3/p+1. The maximum Gasteiger partial charge on any atom is 0.448 e. The van der Waals surface area contributed by atoms with Crippen molar-refractivity contribution in [1.82, 2.24) is 4.98 Å². The number of aromatic amines is 1. The second-order valence-electron chi connectivity index (χ2n) is 5.22. The van der Waals surface area contributed by atoms with Gasteiger partial charge in [-0.05, 0) is 11.8 Å². The average Bonchev–Trinajstić information content (AvgIpc) is 2.74. The Balaban J connectivity index is 2.72. The van der Waals surface area contributed by atoms with E-state index < -0.39 is 0 Å². The van der Waals surface area contributed by atoms with Gasteiger partial charge in [0.15, 0.2) is 0 Å². The zero-order chi connectivity index (χ0) is 13.3. The van der Waals surface area contributed by atoms with Crippen LogP contribution in [0.25, 0.3) is 5.69 Å². The van der Waals surface area contributed by atoms with Crippen LogP contribution in [0.5, 0.6) is 0 Å². The Morgan fingerprint density at radius 3 is 2.00 bits per heavy atom. The minimum Gasteiger partial charge on any atom is -0.217 e. The monoisotopic (exact) mass is 247 g/mol. The fourth-order valence-electron chi connectivity index (χ4n) is 2.28. The summed E-state index contributed by atoms with van der Waals surface area (Å²) in [5.74, 6) is 0.723. The summed E-state index contributed by atoms with van der Waals surface area (Å²) in [6.45, 7) is 8.53. The number of halogens is 1. The van der Waals surface area contributed by atoms with E-state index in [-0.39, 0.29) is 6.08 Å². The topological polar surface area (TPSA) is 19.7 Å². The molecule has 2 nitrogen and oxygen atoms in total. The summed E-state index contributed by atoms with van der Waals surface area (Å²) in [7, 11) is 0. The van der Waals surface area contributed by atoms with Crippen LogP contribution in [0.3, 0.4) is 0 Å². The van der Waals surface area contributed by atoms with Crippen molar-refractivity contribution in [1.29, 1.82) is 0 Å². The van der Waals surface area contributed by atoms with E-state index in [1.165, 1.54) is 11.1 Å². The molecule has 0 aliphatic rings. The number of nitrogens with zero attached hydrogens (tertiary/aromatic N) is 1. The molecular formula is C15H20FN2+. The Hall–Kier alpha value is -1.64. The van der Waals surface area contributed by atoms with Gasteiger partial charge in [0.1, 0.15) is 18.1 Å². The minimum absolute atomic E-state index is 0.329. The largest absolute Gasteiger partial charge is 0.448 e. The number of H-pyrrole nitrogens is 1. The van der Waals surface area contributed by atoms with Gasteiger partial charge in [0.2, 0.25) is 0 Å². The van der Waals surface area contributed by atoms with E-state index in [0.717, 1.165) is 5.69 Å². The van der Waals surface area contributed by atoms with Crippen LogP contribution in [0.4, 0.5) is 4.39 Å². The Bertz CT molecular complexity index is 515. The van der Waals surface area contributed by atoms with E-state index in [1.807, 2.05) is 0 Å². The molecule has 2 rings (SSSR count). The normalized spacial score (nSPS) is 11.5. The molecule has 0 saturated heterocycles. The molecule has 0 fully saturated rings. The third-order valence-electron chi connectivity index (χ3n) is 3.22. The van der Waals surface area contributed by atoms with E-state index in [4.69, 9.17) is 0 Å². The number of para-hydroxylation sites is 1. The molecule has 0 unspecified atom stereocenters. The molecule has 0 saturated carbocycles. The van der Waals surface area contributed by atoms with Crippen LogP contribution in [0.2, 0.25) is 0 Å². The number of benzene rings is 1. The van der Waals surface area contributed by atoms with Gasteiger partial charge in [-0.1, -0.05) is 45.9 Å². The van der Waals surface area contributed by atoms with Gasteiger partial charge in [0, 0.05) is 11.1 Å². The van der Waals surface area contributed by atoms with E-state index in [2.05, 4.69) is 50.9 Å². The second kappa shape index (κ2) is 4.92. The smallest absolute Gasteiger partial charge is 0.217 e. The van der Waals surface area contributed by atoms with Gasteiger partial charge in [0.25, 0.3) is 0 Å². The SMILES string of the molecule is CC(C)c1cccc(C(C)C)c1-[n+]1cc[nH]c1F. The first-order valence-corrected chi connectivity index (χ1v) is 6.40. The molecule has 0 radical (unpaired) electrons. The van der Waals surface area contributed by atoms with Crippen molar-refractivity contribution in [2.75, 3.05) is 0 Å². The van der Waals surface area contributed by atoms with Crippen LogP contribution in [-0.2, 0) is 0 Å². The molecule has 96 valence electrons. The Morgan fingerprint density at radius 2 is 1.61 bits per heavy atom. The first kappa shape index (κ1) is 12.8. The molecule has 0 atom stereocenters. The maximum atomic E-state index is 13.8. The molecule has 2 aromatic rings. The van der Waals surface area contributed by atoms with Crippen LogP contribution in [0, 0.1) is 6.08 Å². The number of aromatic nitrogens is 2. The number of imidazole rings is 1.